The SMILES string of the molecule is CCOc1cc(S(=O)(=O)N[C@H](C)CC)ccc1Cl. The lowest BCUT2D eigenvalue weighted by Crippen LogP contribution is -2.32. The number of rotatable bonds is 6. The predicted molar refractivity (Wildman–Crippen MR) is 72.7 cm³/mol. The van der Waals surface area contributed by atoms with Gasteiger partial charge in [-0.05, 0) is 32.4 Å². The number of ether oxygens (including phenoxy) is 1. The lowest BCUT2D eigenvalue weighted by Gasteiger charge is -2.13. The summed E-state index contributed by atoms with van der Waals surface area (Å²) in [6, 6.07) is 4.32. The van der Waals surface area contributed by atoms with Crippen LogP contribution in [0.25, 0.3) is 0 Å². The molecule has 0 saturated carbocycles. The second-order valence-electron chi connectivity index (χ2n) is 3.96. The Bertz CT molecular complexity index is 502. The molecule has 0 aliphatic rings. The molecule has 102 valence electrons. The zero-order chi connectivity index (χ0) is 13.8. The van der Waals surface area contributed by atoms with Gasteiger partial charge in [-0.25, -0.2) is 13.1 Å². The molecule has 18 heavy (non-hydrogen) atoms. The monoisotopic (exact) mass is 291 g/mol. The molecule has 0 aliphatic carbocycles. The van der Waals surface area contributed by atoms with E-state index in [0.717, 1.165) is 6.42 Å². The van der Waals surface area contributed by atoms with Crippen molar-refractivity contribution in [1.29, 1.82) is 0 Å². The highest BCUT2D eigenvalue weighted by atomic mass is 35.5. The van der Waals surface area contributed by atoms with Crippen LogP contribution < -0.4 is 9.46 Å². The molecule has 0 aliphatic heterocycles. The number of hydrogen-bond acceptors (Lipinski definition) is 3. The van der Waals surface area contributed by atoms with Crippen LogP contribution in [0.15, 0.2) is 23.1 Å². The van der Waals surface area contributed by atoms with Crippen molar-refractivity contribution < 1.29 is 13.2 Å². The predicted octanol–water partition coefficient (Wildman–Crippen LogP) is 2.82. The van der Waals surface area contributed by atoms with Crippen molar-refractivity contribution in [3.8, 4) is 5.75 Å². The van der Waals surface area contributed by atoms with Gasteiger partial charge >= 0.3 is 0 Å². The highest BCUT2D eigenvalue weighted by Gasteiger charge is 2.18. The molecule has 0 saturated heterocycles. The second kappa shape index (κ2) is 6.41. The van der Waals surface area contributed by atoms with Gasteiger partial charge in [-0.3, -0.25) is 0 Å². The minimum absolute atomic E-state index is 0.110. The third-order valence-electron chi connectivity index (χ3n) is 2.48. The smallest absolute Gasteiger partial charge is 0.240 e. The molecule has 0 aromatic heterocycles. The van der Waals surface area contributed by atoms with Gasteiger partial charge in [0, 0.05) is 12.1 Å². The summed E-state index contributed by atoms with van der Waals surface area (Å²) in [5.74, 6) is 0.381. The van der Waals surface area contributed by atoms with Crippen LogP contribution in [-0.2, 0) is 10.0 Å². The third-order valence-corrected chi connectivity index (χ3v) is 4.38. The molecule has 0 radical (unpaired) electrons. The van der Waals surface area contributed by atoms with Gasteiger partial charge in [0.2, 0.25) is 10.0 Å². The average molecular weight is 292 g/mol. The van der Waals surface area contributed by atoms with Crippen LogP contribution in [0.4, 0.5) is 0 Å². The van der Waals surface area contributed by atoms with Crippen LogP contribution in [-0.4, -0.2) is 21.1 Å². The van der Waals surface area contributed by atoms with E-state index in [4.69, 9.17) is 16.3 Å². The second-order valence-corrected chi connectivity index (χ2v) is 6.08. The summed E-state index contributed by atoms with van der Waals surface area (Å²) in [7, 11) is -3.52. The molecule has 1 aromatic carbocycles. The summed E-state index contributed by atoms with van der Waals surface area (Å²) in [6.07, 6.45) is 0.727. The van der Waals surface area contributed by atoms with Crippen molar-refractivity contribution in [2.24, 2.45) is 0 Å². The van der Waals surface area contributed by atoms with Gasteiger partial charge in [0.05, 0.1) is 16.5 Å². The highest BCUT2D eigenvalue weighted by Crippen LogP contribution is 2.27. The van der Waals surface area contributed by atoms with Crippen molar-refractivity contribution in [2.75, 3.05) is 6.61 Å². The Hall–Kier alpha value is -0.780. The number of halogens is 1. The lowest BCUT2D eigenvalue weighted by atomic mass is 10.3. The zero-order valence-electron chi connectivity index (χ0n) is 10.7. The molecule has 0 amide bonds. The molecule has 1 rings (SSSR count). The molecule has 0 bridgehead atoms. The number of nitrogens with one attached hydrogen (secondary N) is 1. The Labute approximate surface area is 113 Å². The molecular formula is C12H18ClNO3S. The van der Waals surface area contributed by atoms with E-state index in [1.54, 1.807) is 0 Å². The number of sulfonamides is 1. The molecule has 0 spiro atoms. The molecule has 1 atom stereocenters. The Kier molecular flexibility index (Phi) is 5.44. The number of benzene rings is 1. The first-order chi connectivity index (χ1) is 8.40. The van der Waals surface area contributed by atoms with Crippen LogP contribution in [0.1, 0.15) is 27.2 Å². The summed E-state index contributed by atoms with van der Waals surface area (Å²) in [6.45, 7) is 5.98. The van der Waals surface area contributed by atoms with E-state index >= 15 is 0 Å². The third kappa shape index (κ3) is 3.86. The summed E-state index contributed by atoms with van der Waals surface area (Å²) in [5.41, 5.74) is 0. The van der Waals surface area contributed by atoms with E-state index in [-0.39, 0.29) is 10.9 Å². The van der Waals surface area contributed by atoms with Gasteiger partial charge < -0.3 is 4.74 Å². The molecule has 0 heterocycles. The van der Waals surface area contributed by atoms with Crippen molar-refractivity contribution in [2.45, 2.75) is 38.1 Å². The Morgan fingerprint density at radius 1 is 1.39 bits per heavy atom. The van der Waals surface area contributed by atoms with E-state index in [1.165, 1.54) is 18.2 Å². The summed E-state index contributed by atoms with van der Waals surface area (Å²) >= 11 is 5.92. The fourth-order valence-corrected chi connectivity index (χ4v) is 2.85. The van der Waals surface area contributed by atoms with Crippen molar-refractivity contribution in [1.82, 2.24) is 4.72 Å². The van der Waals surface area contributed by atoms with Crippen LogP contribution in [0.5, 0.6) is 5.75 Å². The minimum atomic E-state index is -3.52. The first-order valence-electron chi connectivity index (χ1n) is 5.85. The average Bonchev–Trinajstić information content (AvgIpc) is 2.31. The topological polar surface area (TPSA) is 55.4 Å². The van der Waals surface area contributed by atoms with Gasteiger partial charge in [-0.15, -0.1) is 0 Å². The van der Waals surface area contributed by atoms with E-state index < -0.39 is 10.0 Å². The van der Waals surface area contributed by atoms with Crippen molar-refractivity contribution in [3.63, 3.8) is 0 Å². The Morgan fingerprint density at radius 3 is 2.61 bits per heavy atom. The molecule has 1 N–H and O–H groups in total. The van der Waals surface area contributed by atoms with Crippen molar-refractivity contribution >= 4 is 21.6 Å². The standard InChI is InChI=1S/C12H18ClNO3S/c1-4-9(3)14-18(15,16)10-6-7-11(13)12(8-10)17-5-2/h6-9,14H,4-5H2,1-3H3/t9-/m1/s1. The van der Waals surface area contributed by atoms with Gasteiger partial charge in [0.15, 0.2) is 0 Å². The summed E-state index contributed by atoms with van der Waals surface area (Å²) in [4.78, 5) is 0.163. The molecule has 1 aromatic rings. The van der Waals surface area contributed by atoms with E-state index in [1.807, 2.05) is 20.8 Å². The highest BCUT2D eigenvalue weighted by molar-refractivity contribution is 7.89. The van der Waals surface area contributed by atoms with Crippen LogP contribution in [0, 0.1) is 0 Å². The van der Waals surface area contributed by atoms with Crippen LogP contribution >= 0.6 is 11.6 Å². The molecule has 0 unspecified atom stereocenters. The number of hydrogen-bond donors (Lipinski definition) is 1. The Morgan fingerprint density at radius 2 is 2.06 bits per heavy atom. The van der Waals surface area contributed by atoms with Gasteiger partial charge in [0.25, 0.3) is 0 Å². The maximum atomic E-state index is 12.1. The first-order valence-corrected chi connectivity index (χ1v) is 7.71. The lowest BCUT2D eigenvalue weighted by molar-refractivity contribution is 0.339. The fraction of sp³-hybridized carbons (Fsp3) is 0.500. The molecule has 4 nitrogen and oxygen atoms in total. The zero-order valence-corrected chi connectivity index (χ0v) is 12.3. The summed E-state index contributed by atoms with van der Waals surface area (Å²) in [5, 5.41) is 0.402. The first kappa shape index (κ1) is 15.3. The van der Waals surface area contributed by atoms with Crippen molar-refractivity contribution in [3.05, 3.63) is 23.2 Å². The maximum absolute atomic E-state index is 12.1. The summed E-state index contributed by atoms with van der Waals surface area (Å²) < 4.78 is 32.0. The Balaban J connectivity index is 3.05. The minimum Gasteiger partial charge on any atom is -0.492 e. The fourth-order valence-electron chi connectivity index (χ4n) is 1.33. The molecule has 0 fully saturated rings. The van der Waals surface area contributed by atoms with E-state index in [9.17, 15) is 8.42 Å². The molecular weight excluding hydrogens is 274 g/mol. The van der Waals surface area contributed by atoms with Crippen LogP contribution in [0.3, 0.4) is 0 Å². The molecule has 6 heteroatoms. The van der Waals surface area contributed by atoms with E-state index in [2.05, 4.69) is 4.72 Å². The van der Waals surface area contributed by atoms with Crippen LogP contribution in [0.2, 0.25) is 5.02 Å². The normalized spacial score (nSPS) is 13.3. The van der Waals surface area contributed by atoms with Gasteiger partial charge in [-0.2, -0.15) is 0 Å². The van der Waals surface area contributed by atoms with Gasteiger partial charge in [0.1, 0.15) is 5.75 Å². The van der Waals surface area contributed by atoms with Gasteiger partial charge in [-0.1, -0.05) is 18.5 Å². The maximum Gasteiger partial charge on any atom is 0.240 e. The quantitative estimate of drug-likeness (QED) is 0.877. The van der Waals surface area contributed by atoms with E-state index in [0.29, 0.717) is 17.4 Å². The largest absolute Gasteiger partial charge is 0.492 e.